The van der Waals surface area contributed by atoms with Gasteiger partial charge in [0.05, 0.1) is 16.8 Å². The summed E-state index contributed by atoms with van der Waals surface area (Å²) in [4.78, 5) is 0. The van der Waals surface area contributed by atoms with E-state index >= 15 is 0 Å². The van der Waals surface area contributed by atoms with Crippen LogP contribution < -0.4 is 10.5 Å². The Morgan fingerprint density at radius 3 is 2.38 bits per heavy atom. The summed E-state index contributed by atoms with van der Waals surface area (Å²) in [6.07, 6.45) is 0.165. The Labute approximate surface area is 96.6 Å². The van der Waals surface area contributed by atoms with Gasteiger partial charge in [-0.15, -0.1) is 0 Å². The van der Waals surface area contributed by atoms with Crippen LogP contribution in [-0.2, 0) is 19.9 Å². The lowest BCUT2D eigenvalue weighted by atomic mass is 10.1. The van der Waals surface area contributed by atoms with Gasteiger partial charge in [0, 0.05) is 12.1 Å². The van der Waals surface area contributed by atoms with Crippen LogP contribution in [0.4, 0.5) is 0 Å². The van der Waals surface area contributed by atoms with Crippen LogP contribution in [0.5, 0.6) is 0 Å². The summed E-state index contributed by atoms with van der Waals surface area (Å²) in [5.41, 5.74) is 4.68. The van der Waals surface area contributed by atoms with Gasteiger partial charge in [-0.05, 0) is 20.3 Å². The molecule has 1 aliphatic heterocycles. The van der Waals surface area contributed by atoms with E-state index in [0.717, 1.165) is 0 Å². The molecular weight excluding hydrogens is 252 g/mol. The summed E-state index contributed by atoms with van der Waals surface area (Å²) in [5.74, 6) is -0.343. The number of hydrogen-bond acceptors (Lipinski definition) is 5. The van der Waals surface area contributed by atoms with Crippen LogP contribution in [-0.4, -0.2) is 45.7 Å². The minimum Gasteiger partial charge on any atom is -0.329 e. The fourth-order valence-electron chi connectivity index (χ4n) is 1.52. The molecule has 3 N–H and O–H groups in total. The van der Waals surface area contributed by atoms with Gasteiger partial charge in [-0.3, -0.25) is 0 Å². The molecule has 1 aliphatic rings. The smallest absolute Gasteiger partial charge is 0.216 e. The van der Waals surface area contributed by atoms with E-state index in [1.54, 1.807) is 13.8 Å². The molecule has 1 unspecified atom stereocenters. The Morgan fingerprint density at radius 1 is 1.44 bits per heavy atom. The van der Waals surface area contributed by atoms with Crippen molar-refractivity contribution in [2.75, 3.05) is 18.1 Å². The first-order valence-electron chi connectivity index (χ1n) is 5.01. The zero-order valence-corrected chi connectivity index (χ0v) is 11.1. The van der Waals surface area contributed by atoms with Gasteiger partial charge in [-0.1, -0.05) is 0 Å². The average molecular weight is 270 g/mol. The molecule has 1 saturated heterocycles. The van der Waals surface area contributed by atoms with Crippen molar-refractivity contribution < 1.29 is 16.8 Å². The average Bonchev–Trinajstić information content (AvgIpc) is 2.45. The van der Waals surface area contributed by atoms with E-state index in [1.807, 2.05) is 0 Å². The molecule has 0 amide bonds. The van der Waals surface area contributed by atoms with Gasteiger partial charge in [0.15, 0.2) is 9.84 Å². The quantitative estimate of drug-likeness (QED) is 0.669. The van der Waals surface area contributed by atoms with E-state index in [9.17, 15) is 16.8 Å². The molecule has 0 bridgehead atoms. The van der Waals surface area contributed by atoms with Crippen LogP contribution in [0.15, 0.2) is 0 Å². The molecule has 8 heteroatoms. The van der Waals surface area contributed by atoms with E-state index in [-0.39, 0.29) is 24.5 Å². The SMILES string of the molecule is CC(C)(CN)NS(=O)(=O)C1CCS(=O)(=O)C1. The summed E-state index contributed by atoms with van der Waals surface area (Å²) < 4.78 is 48.6. The molecule has 1 rings (SSSR count). The second-order valence-electron chi connectivity index (χ2n) is 4.76. The molecule has 1 heterocycles. The van der Waals surface area contributed by atoms with Crippen LogP contribution in [0.3, 0.4) is 0 Å². The standard InChI is InChI=1S/C8H18N2O4S2/c1-8(2,6-9)10-16(13,14)7-3-4-15(11,12)5-7/h7,10H,3-6,9H2,1-2H3. The van der Waals surface area contributed by atoms with Crippen molar-refractivity contribution in [3.8, 4) is 0 Å². The van der Waals surface area contributed by atoms with Crippen molar-refractivity contribution in [2.45, 2.75) is 31.1 Å². The monoisotopic (exact) mass is 270 g/mol. The van der Waals surface area contributed by atoms with E-state index in [0.29, 0.717) is 0 Å². The van der Waals surface area contributed by atoms with Crippen LogP contribution in [0.1, 0.15) is 20.3 Å². The van der Waals surface area contributed by atoms with Gasteiger partial charge >= 0.3 is 0 Å². The molecule has 0 aromatic rings. The Balaban J connectivity index is 2.81. The van der Waals surface area contributed by atoms with Gasteiger partial charge in [0.1, 0.15) is 0 Å². The lowest BCUT2D eigenvalue weighted by Crippen LogP contribution is -2.51. The first-order valence-corrected chi connectivity index (χ1v) is 8.38. The molecule has 16 heavy (non-hydrogen) atoms. The van der Waals surface area contributed by atoms with Crippen molar-refractivity contribution in [3.63, 3.8) is 0 Å². The highest BCUT2D eigenvalue weighted by atomic mass is 32.2. The summed E-state index contributed by atoms with van der Waals surface area (Å²) in [5, 5.41) is -0.844. The van der Waals surface area contributed by atoms with Gasteiger partial charge in [0.25, 0.3) is 0 Å². The zero-order valence-electron chi connectivity index (χ0n) is 9.43. The molecule has 0 aliphatic carbocycles. The number of hydrogen-bond donors (Lipinski definition) is 2. The van der Waals surface area contributed by atoms with E-state index < -0.39 is 30.6 Å². The van der Waals surface area contributed by atoms with Crippen molar-refractivity contribution in [1.29, 1.82) is 0 Å². The first kappa shape index (κ1) is 13.9. The van der Waals surface area contributed by atoms with Gasteiger partial charge in [0.2, 0.25) is 10.0 Å². The van der Waals surface area contributed by atoms with Crippen molar-refractivity contribution in [3.05, 3.63) is 0 Å². The maximum Gasteiger partial charge on any atom is 0.216 e. The third kappa shape index (κ3) is 3.41. The molecule has 0 radical (unpaired) electrons. The molecule has 96 valence electrons. The predicted molar refractivity (Wildman–Crippen MR) is 62.2 cm³/mol. The Morgan fingerprint density at radius 2 is 2.00 bits per heavy atom. The third-order valence-electron chi connectivity index (χ3n) is 2.56. The molecule has 0 spiro atoms. The topological polar surface area (TPSA) is 106 Å². The highest BCUT2D eigenvalue weighted by molar-refractivity contribution is 7.95. The Bertz CT molecular complexity index is 452. The first-order chi connectivity index (χ1) is 7.08. The normalized spacial score (nSPS) is 25.8. The van der Waals surface area contributed by atoms with Crippen LogP contribution in [0.2, 0.25) is 0 Å². The lowest BCUT2D eigenvalue weighted by molar-refractivity contribution is 0.458. The maximum absolute atomic E-state index is 11.9. The molecule has 1 atom stereocenters. The fourth-order valence-corrected chi connectivity index (χ4v) is 6.00. The van der Waals surface area contributed by atoms with Crippen molar-refractivity contribution in [1.82, 2.24) is 4.72 Å². The van der Waals surface area contributed by atoms with Crippen molar-refractivity contribution >= 4 is 19.9 Å². The van der Waals surface area contributed by atoms with Crippen LogP contribution >= 0.6 is 0 Å². The Kier molecular flexibility index (Phi) is 3.68. The molecule has 1 fully saturated rings. The van der Waals surface area contributed by atoms with Gasteiger partial charge < -0.3 is 5.73 Å². The molecule has 6 nitrogen and oxygen atoms in total. The Hall–Kier alpha value is -0.180. The summed E-state index contributed by atoms with van der Waals surface area (Å²) in [7, 11) is -6.80. The zero-order chi connectivity index (χ0) is 12.6. The number of rotatable bonds is 4. The van der Waals surface area contributed by atoms with Crippen molar-refractivity contribution in [2.24, 2.45) is 5.73 Å². The van der Waals surface area contributed by atoms with E-state index in [4.69, 9.17) is 5.73 Å². The second-order valence-corrected chi connectivity index (χ2v) is 8.95. The van der Waals surface area contributed by atoms with Gasteiger partial charge in [-0.25, -0.2) is 21.6 Å². The van der Waals surface area contributed by atoms with E-state index in [1.165, 1.54) is 0 Å². The molecule has 0 aromatic carbocycles. The number of nitrogens with one attached hydrogen (secondary N) is 1. The minimum atomic E-state index is -3.61. The summed E-state index contributed by atoms with van der Waals surface area (Å²) >= 11 is 0. The number of sulfone groups is 1. The highest BCUT2D eigenvalue weighted by Gasteiger charge is 2.39. The van der Waals surface area contributed by atoms with Crippen LogP contribution in [0, 0.1) is 0 Å². The molecule has 0 aromatic heterocycles. The maximum atomic E-state index is 11.9. The minimum absolute atomic E-state index is 0.0539. The third-order valence-corrected chi connectivity index (χ3v) is 6.65. The predicted octanol–water partition coefficient (Wildman–Crippen LogP) is -1.17. The number of nitrogens with two attached hydrogens (primary N) is 1. The van der Waals surface area contributed by atoms with Crippen LogP contribution in [0.25, 0.3) is 0 Å². The fraction of sp³-hybridized carbons (Fsp3) is 1.00. The van der Waals surface area contributed by atoms with E-state index in [2.05, 4.69) is 4.72 Å². The number of sulfonamides is 1. The highest BCUT2D eigenvalue weighted by Crippen LogP contribution is 2.19. The molecule has 0 saturated carbocycles. The summed E-state index contributed by atoms with van der Waals surface area (Å²) in [6, 6.07) is 0. The summed E-state index contributed by atoms with van der Waals surface area (Å²) in [6.45, 7) is 3.48. The largest absolute Gasteiger partial charge is 0.329 e. The molecular formula is C8H18N2O4S2. The second kappa shape index (κ2) is 4.25. The van der Waals surface area contributed by atoms with Gasteiger partial charge in [-0.2, -0.15) is 0 Å². The lowest BCUT2D eigenvalue weighted by Gasteiger charge is -2.25.